The maximum atomic E-state index is 12.3. The highest BCUT2D eigenvalue weighted by Crippen LogP contribution is 2.52. The predicted octanol–water partition coefficient (Wildman–Crippen LogP) is 3.05. The fraction of sp³-hybridized carbons (Fsp3) is 0.562. The standard InChI is InChI=1S/C16H22N2O2/c1-15(2,3)20-14(19)18-9-11-4-5-12(17)8-13(11)16(10-18)6-7-16/h4-5,8H,6-7,9-10,17H2,1-3H3. The van der Waals surface area contributed by atoms with Crippen LogP contribution in [0.5, 0.6) is 0 Å². The zero-order valence-electron chi connectivity index (χ0n) is 12.4. The van der Waals surface area contributed by atoms with Gasteiger partial charge in [0.05, 0.1) is 0 Å². The molecule has 20 heavy (non-hydrogen) atoms. The Kier molecular flexibility index (Phi) is 2.75. The molecule has 3 rings (SSSR count). The van der Waals surface area contributed by atoms with Crippen molar-refractivity contribution in [2.45, 2.75) is 51.2 Å². The number of nitrogens with zero attached hydrogens (tertiary/aromatic N) is 1. The lowest BCUT2D eigenvalue weighted by Gasteiger charge is -2.36. The lowest BCUT2D eigenvalue weighted by atomic mass is 9.87. The third kappa shape index (κ3) is 2.35. The normalized spacial score (nSPS) is 19.6. The van der Waals surface area contributed by atoms with Gasteiger partial charge in [0.2, 0.25) is 0 Å². The lowest BCUT2D eigenvalue weighted by molar-refractivity contribution is 0.0197. The van der Waals surface area contributed by atoms with Crippen LogP contribution < -0.4 is 5.73 Å². The SMILES string of the molecule is CC(C)(C)OC(=O)N1Cc2ccc(N)cc2C2(CC2)C1. The van der Waals surface area contributed by atoms with Crippen LogP contribution in [0.2, 0.25) is 0 Å². The summed E-state index contributed by atoms with van der Waals surface area (Å²) in [5.41, 5.74) is 8.92. The van der Waals surface area contributed by atoms with Gasteiger partial charge in [-0.3, -0.25) is 0 Å². The minimum atomic E-state index is -0.449. The van der Waals surface area contributed by atoms with Crippen molar-refractivity contribution in [3.05, 3.63) is 29.3 Å². The predicted molar refractivity (Wildman–Crippen MR) is 78.4 cm³/mol. The van der Waals surface area contributed by atoms with Gasteiger partial charge in [-0.2, -0.15) is 0 Å². The molecule has 0 aromatic heterocycles. The first-order valence-electron chi connectivity index (χ1n) is 7.16. The van der Waals surface area contributed by atoms with Gasteiger partial charge >= 0.3 is 6.09 Å². The minimum Gasteiger partial charge on any atom is -0.444 e. The van der Waals surface area contributed by atoms with Gasteiger partial charge in [0.25, 0.3) is 0 Å². The van der Waals surface area contributed by atoms with E-state index in [0.29, 0.717) is 6.54 Å². The van der Waals surface area contributed by atoms with E-state index in [1.807, 2.05) is 37.8 Å². The lowest BCUT2D eigenvalue weighted by Crippen LogP contribution is -2.44. The van der Waals surface area contributed by atoms with Gasteiger partial charge in [0, 0.05) is 24.2 Å². The van der Waals surface area contributed by atoms with E-state index in [2.05, 4.69) is 6.07 Å². The number of fused-ring (bicyclic) bond motifs is 2. The molecule has 0 unspecified atom stereocenters. The van der Waals surface area contributed by atoms with E-state index >= 15 is 0 Å². The molecule has 0 saturated heterocycles. The summed E-state index contributed by atoms with van der Waals surface area (Å²) >= 11 is 0. The molecule has 1 spiro atoms. The molecule has 0 radical (unpaired) electrons. The number of nitrogens with two attached hydrogens (primary N) is 1. The third-order valence-corrected chi connectivity index (χ3v) is 4.07. The van der Waals surface area contributed by atoms with E-state index in [0.717, 1.165) is 25.1 Å². The van der Waals surface area contributed by atoms with Crippen LogP contribution in [0.1, 0.15) is 44.7 Å². The summed E-state index contributed by atoms with van der Waals surface area (Å²) in [5.74, 6) is 0. The van der Waals surface area contributed by atoms with Crippen molar-refractivity contribution in [1.29, 1.82) is 0 Å². The molecule has 1 heterocycles. The largest absolute Gasteiger partial charge is 0.444 e. The fourth-order valence-corrected chi connectivity index (χ4v) is 2.97. The summed E-state index contributed by atoms with van der Waals surface area (Å²) in [6, 6.07) is 6.03. The van der Waals surface area contributed by atoms with Crippen molar-refractivity contribution in [2.24, 2.45) is 0 Å². The number of carbonyl (C=O) groups excluding carboxylic acids is 1. The molecule has 1 aromatic carbocycles. The Morgan fingerprint density at radius 1 is 1.35 bits per heavy atom. The number of anilines is 1. The van der Waals surface area contributed by atoms with Crippen molar-refractivity contribution in [3.8, 4) is 0 Å². The molecule has 0 atom stereocenters. The van der Waals surface area contributed by atoms with Crippen molar-refractivity contribution in [1.82, 2.24) is 4.90 Å². The highest BCUT2D eigenvalue weighted by Gasteiger charge is 2.50. The Morgan fingerprint density at radius 2 is 2.05 bits per heavy atom. The van der Waals surface area contributed by atoms with Gasteiger partial charge in [-0.25, -0.2) is 4.79 Å². The van der Waals surface area contributed by atoms with Crippen LogP contribution in [-0.2, 0) is 16.7 Å². The molecule has 108 valence electrons. The molecule has 1 aromatic rings. The Bertz CT molecular complexity index is 556. The highest BCUT2D eigenvalue weighted by atomic mass is 16.6. The number of benzene rings is 1. The molecular weight excluding hydrogens is 252 g/mol. The number of rotatable bonds is 0. The molecule has 4 heteroatoms. The number of nitrogen functional groups attached to an aromatic ring is 1. The zero-order valence-corrected chi connectivity index (χ0v) is 12.4. The van der Waals surface area contributed by atoms with Crippen molar-refractivity contribution < 1.29 is 9.53 Å². The second-order valence-corrected chi connectivity index (χ2v) is 7.03. The molecule has 1 fully saturated rings. The molecular formula is C16H22N2O2. The highest BCUT2D eigenvalue weighted by molar-refractivity contribution is 5.70. The summed E-state index contributed by atoms with van der Waals surface area (Å²) in [4.78, 5) is 14.1. The first-order chi connectivity index (χ1) is 9.29. The summed E-state index contributed by atoms with van der Waals surface area (Å²) < 4.78 is 5.50. The molecule has 1 amide bonds. The van der Waals surface area contributed by atoms with Gasteiger partial charge in [-0.1, -0.05) is 6.07 Å². The van der Waals surface area contributed by atoms with Gasteiger partial charge in [-0.15, -0.1) is 0 Å². The summed E-state index contributed by atoms with van der Waals surface area (Å²) in [7, 11) is 0. The Morgan fingerprint density at radius 3 is 2.65 bits per heavy atom. The topological polar surface area (TPSA) is 55.6 Å². The Labute approximate surface area is 119 Å². The van der Waals surface area contributed by atoms with E-state index in [1.54, 1.807) is 0 Å². The summed E-state index contributed by atoms with van der Waals surface area (Å²) in [5, 5.41) is 0. The first-order valence-corrected chi connectivity index (χ1v) is 7.16. The molecule has 2 N–H and O–H groups in total. The Balaban J connectivity index is 1.86. The average Bonchev–Trinajstić information content (AvgIpc) is 3.08. The summed E-state index contributed by atoms with van der Waals surface area (Å²) in [6.07, 6.45) is 2.04. The second-order valence-electron chi connectivity index (χ2n) is 7.03. The molecule has 1 aliphatic carbocycles. The van der Waals surface area contributed by atoms with Crippen LogP contribution in [0.25, 0.3) is 0 Å². The molecule has 0 bridgehead atoms. The van der Waals surface area contributed by atoms with Gasteiger partial charge in [0.1, 0.15) is 5.60 Å². The van der Waals surface area contributed by atoms with Crippen LogP contribution in [0, 0.1) is 0 Å². The minimum absolute atomic E-state index is 0.125. The van der Waals surface area contributed by atoms with E-state index in [9.17, 15) is 4.79 Å². The van der Waals surface area contributed by atoms with Gasteiger partial charge in [-0.05, 0) is 56.9 Å². The third-order valence-electron chi connectivity index (χ3n) is 4.07. The van der Waals surface area contributed by atoms with E-state index in [-0.39, 0.29) is 11.5 Å². The molecule has 1 aliphatic heterocycles. The number of hydrogen-bond acceptors (Lipinski definition) is 3. The fourth-order valence-electron chi connectivity index (χ4n) is 2.97. The van der Waals surface area contributed by atoms with E-state index < -0.39 is 5.60 Å². The van der Waals surface area contributed by atoms with Crippen molar-refractivity contribution >= 4 is 11.8 Å². The van der Waals surface area contributed by atoms with Crippen LogP contribution in [0.15, 0.2) is 18.2 Å². The van der Waals surface area contributed by atoms with Gasteiger partial charge < -0.3 is 15.4 Å². The van der Waals surface area contributed by atoms with Crippen LogP contribution in [-0.4, -0.2) is 23.1 Å². The maximum Gasteiger partial charge on any atom is 0.410 e. The van der Waals surface area contributed by atoms with Crippen molar-refractivity contribution in [3.63, 3.8) is 0 Å². The zero-order chi connectivity index (χ0) is 14.5. The molecule has 1 saturated carbocycles. The van der Waals surface area contributed by atoms with E-state index in [4.69, 9.17) is 10.5 Å². The number of ether oxygens (including phenoxy) is 1. The van der Waals surface area contributed by atoms with Gasteiger partial charge in [0.15, 0.2) is 0 Å². The Hall–Kier alpha value is -1.71. The molecule has 2 aliphatic rings. The summed E-state index contributed by atoms with van der Waals surface area (Å²) in [6.45, 7) is 7.06. The van der Waals surface area contributed by atoms with Crippen LogP contribution >= 0.6 is 0 Å². The smallest absolute Gasteiger partial charge is 0.410 e. The monoisotopic (exact) mass is 274 g/mol. The number of amides is 1. The maximum absolute atomic E-state index is 12.3. The average molecular weight is 274 g/mol. The number of hydrogen-bond donors (Lipinski definition) is 1. The second kappa shape index (κ2) is 4.14. The van der Waals surface area contributed by atoms with Crippen molar-refractivity contribution in [2.75, 3.05) is 12.3 Å². The van der Waals surface area contributed by atoms with Crippen LogP contribution in [0.4, 0.5) is 10.5 Å². The first kappa shape index (κ1) is 13.3. The number of carbonyl (C=O) groups is 1. The quantitative estimate of drug-likeness (QED) is 0.740. The van der Waals surface area contributed by atoms with Crippen LogP contribution in [0.3, 0.4) is 0 Å². The molecule has 4 nitrogen and oxygen atoms in total. The van der Waals surface area contributed by atoms with E-state index in [1.165, 1.54) is 11.1 Å².